The molecule has 118 valence electrons. The maximum Gasteiger partial charge on any atom is 0.233 e. The van der Waals surface area contributed by atoms with Gasteiger partial charge in [0.25, 0.3) is 0 Å². The van der Waals surface area contributed by atoms with Crippen LogP contribution in [0.15, 0.2) is 30.5 Å². The predicted molar refractivity (Wildman–Crippen MR) is 85.8 cm³/mol. The number of fused-ring (bicyclic) bond motifs is 1. The van der Waals surface area contributed by atoms with Crippen molar-refractivity contribution in [1.82, 2.24) is 19.9 Å². The van der Waals surface area contributed by atoms with Crippen molar-refractivity contribution in [2.75, 3.05) is 5.73 Å². The Bertz CT molecular complexity index is 814. The molecule has 23 heavy (non-hydrogen) atoms. The topological polar surface area (TPSA) is 110 Å². The van der Waals surface area contributed by atoms with E-state index >= 15 is 0 Å². The standard InChI is InChI=1S/C16H17N5O2/c17-15-14(16-19-11-3-1-2-4-12(11)20-16)21-13(8-18-15)23-10-6-5-9(22)7-10/h1-4,8-10,22H,5-7H2,(H2,17,18)(H,19,20)/t9-,10+/m0/s1. The number of nitrogen functional groups attached to an aromatic ring is 1. The normalized spacial score (nSPS) is 20.9. The van der Waals surface area contributed by atoms with Crippen LogP contribution in [-0.4, -0.2) is 37.3 Å². The Kier molecular flexibility index (Phi) is 3.34. The fourth-order valence-electron chi connectivity index (χ4n) is 2.87. The Balaban J connectivity index is 1.66. The van der Waals surface area contributed by atoms with Crippen LogP contribution in [0.25, 0.3) is 22.6 Å². The highest BCUT2D eigenvalue weighted by Gasteiger charge is 2.25. The maximum atomic E-state index is 9.58. The molecule has 4 N–H and O–H groups in total. The average molecular weight is 311 g/mol. The third kappa shape index (κ3) is 2.70. The summed E-state index contributed by atoms with van der Waals surface area (Å²) < 4.78 is 5.81. The summed E-state index contributed by atoms with van der Waals surface area (Å²) in [6, 6.07) is 7.71. The molecule has 4 rings (SSSR count). The van der Waals surface area contributed by atoms with Gasteiger partial charge in [-0.25, -0.2) is 15.0 Å². The van der Waals surface area contributed by atoms with Crippen LogP contribution in [0, 0.1) is 0 Å². The fraction of sp³-hybridized carbons (Fsp3) is 0.312. The van der Waals surface area contributed by atoms with Crippen LogP contribution in [0.2, 0.25) is 0 Å². The van der Waals surface area contributed by atoms with E-state index < -0.39 is 0 Å². The van der Waals surface area contributed by atoms with Gasteiger partial charge in [-0.1, -0.05) is 12.1 Å². The summed E-state index contributed by atoms with van der Waals surface area (Å²) in [6.45, 7) is 0. The van der Waals surface area contributed by atoms with Crippen molar-refractivity contribution >= 4 is 16.9 Å². The van der Waals surface area contributed by atoms with Gasteiger partial charge in [0.2, 0.25) is 5.88 Å². The number of aliphatic hydroxyl groups excluding tert-OH is 1. The van der Waals surface area contributed by atoms with Crippen LogP contribution in [0.1, 0.15) is 19.3 Å². The van der Waals surface area contributed by atoms with Crippen LogP contribution < -0.4 is 10.5 Å². The molecule has 2 aromatic heterocycles. The zero-order valence-corrected chi connectivity index (χ0v) is 12.4. The Labute approximate surface area is 132 Å². The number of para-hydroxylation sites is 2. The lowest BCUT2D eigenvalue weighted by atomic mass is 10.3. The Morgan fingerprint density at radius 2 is 2.09 bits per heavy atom. The van der Waals surface area contributed by atoms with E-state index in [1.807, 2.05) is 24.3 Å². The van der Waals surface area contributed by atoms with E-state index in [1.165, 1.54) is 6.20 Å². The van der Waals surface area contributed by atoms with Crippen LogP contribution >= 0.6 is 0 Å². The number of nitrogens with zero attached hydrogens (tertiary/aromatic N) is 3. The fourth-order valence-corrected chi connectivity index (χ4v) is 2.87. The third-order valence-corrected chi connectivity index (χ3v) is 4.04. The van der Waals surface area contributed by atoms with Crippen molar-refractivity contribution in [3.63, 3.8) is 0 Å². The molecule has 7 nitrogen and oxygen atoms in total. The molecule has 2 heterocycles. The first-order chi connectivity index (χ1) is 11.2. The van der Waals surface area contributed by atoms with E-state index in [-0.39, 0.29) is 12.2 Å². The number of imidazole rings is 1. The van der Waals surface area contributed by atoms with Gasteiger partial charge < -0.3 is 20.6 Å². The lowest BCUT2D eigenvalue weighted by Gasteiger charge is -2.12. The highest BCUT2D eigenvalue weighted by molar-refractivity contribution is 5.80. The summed E-state index contributed by atoms with van der Waals surface area (Å²) in [7, 11) is 0. The first-order valence-electron chi connectivity index (χ1n) is 7.61. The molecule has 1 fully saturated rings. The number of aliphatic hydroxyl groups is 1. The number of hydrogen-bond donors (Lipinski definition) is 3. The van der Waals surface area contributed by atoms with Crippen molar-refractivity contribution < 1.29 is 9.84 Å². The molecule has 1 aromatic carbocycles. The highest BCUT2D eigenvalue weighted by atomic mass is 16.5. The molecule has 0 aliphatic heterocycles. The maximum absolute atomic E-state index is 9.58. The monoisotopic (exact) mass is 311 g/mol. The van der Waals surface area contributed by atoms with E-state index in [4.69, 9.17) is 10.5 Å². The lowest BCUT2D eigenvalue weighted by Crippen LogP contribution is -2.15. The van der Waals surface area contributed by atoms with E-state index in [9.17, 15) is 5.11 Å². The molecule has 1 aliphatic carbocycles. The molecule has 0 unspecified atom stereocenters. The van der Waals surface area contributed by atoms with E-state index in [0.717, 1.165) is 23.9 Å². The molecule has 0 radical (unpaired) electrons. The summed E-state index contributed by atoms with van der Waals surface area (Å²) in [6.07, 6.45) is 3.36. The minimum Gasteiger partial charge on any atom is -0.473 e. The molecule has 0 saturated heterocycles. The lowest BCUT2D eigenvalue weighted by molar-refractivity contribution is 0.146. The number of aromatic amines is 1. The summed E-state index contributed by atoms with van der Waals surface area (Å²) >= 11 is 0. The molecular formula is C16H17N5O2. The van der Waals surface area contributed by atoms with Gasteiger partial charge in [-0.15, -0.1) is 0 Å². The zero-order chi connectivity index (χ0) is 15.8. The second kappa shape index (κ2) is 5.51. The summed E-state index contributed by atoms with van der Waals surface area (Å²) in [5.41, 5.74) is 8.17. The van der Waals surface area contributed by atoms with Crippen molar-refractivity contribution in [1.29, 1.82) is 0 Å². The van der Waals surface area contributed by atoms with Gasteiger partial charge in [-0.3, -0.25) is 0 Å². The summed E-state index contributed by atoms with van der Waals surface area (Å²) in [5, 5.41) is 9.58. The zero-order valence-electron chi connectivity index (χ0n) is 12.4. The largest absolute Gasteiger partial charge is 0.473 e. The van der Waals surface area contributed by atoms with Crippen LogP contribution in [-0.2, 0) is 0 Å². The first-order valence-corrected chi connectivity index (χ1v) is 7.61. The van der Waals surface area contributed by atoms with Crippen molar-refractivity contribution in [2.24, 2.45) is 0 Å². The molecule has 2 atom stereocenters. The number of nitrogens with two attached hydrogens (primary N) is 1. The number of rotatable bonds is 3. The number of anilines is 1. The number of H-pyrrole nitrogens is 1. The van der Waals surface area contributed by atoms with Crippen LogP contribution in [0.4, 0.5) is 5.82 Å². The smallest absolute Gasteiger partial charge is 0.233 e. The molecular weight excluding hydrogens is 294 g/mol. The van der Waals surface area contributed by atoms with Crippen LogP contribution in [0.5, 0.6) is 5.88 Å². The minimum absolute atomic E-state index is 0.0357. The Hall–Kier alpha value is -2.67. The van der Waals surface area contributed by atoms with Gasteiger partial charge in [-0.2, -0.15) is 0 Å². The predicted octanol–water partition coefficient (Wildman–Crippen LogP) is 1.89. The van der Waals surface area contributed by atoms with Gasteiger partial charge in [0, 0.05) is 6.42 Å². The Morgan fingerprint density at radius 1 is 1.22 bits per heavy atom. The minimum atomic E-state index is -0.295. The molecule has 0 spiro atoms. The molecule has 3 aromatic rings. The molecule has 1 aliphatic rings. The number of hydrogen-bond acceptors (Lipinski definition) is 6. The Morgan fingerprint density at radius 3 is 2.87 bits per heavy atom. The molecule has 0 amide bonds. The van der Waals surface area contributed by atoms with E-state index in [1.54, 1.807) is 0 Å². The summed E-state index contributed by atoms with van der Waals surface area (Å²) in [4.78, 5) is 16.3. The highest BCUT2D eigenvalue weighted by Crippen LogP contribution is 2.27. The van der Waals surface area contributed by atoms with Gasteiger partial charge in [0.15, 0.2) is 17.3 Å². The average Bonchev–Trinajstić information content (AvgIpc) is 3.15. The second-order valence-electron chi connectivity index (χ2n) is 5.75. The summed E-state index contributed by atoms with van der Waals surface area (Å²) in [5.74, 6) is 1.25. The van der Waals surface area contributed by atoms with Crippen molar-refractivity contribution in [3.05, 3.63) is 30.5 Å². The third-order valence-electron chi connectivity index (χ3n) is 4.04. The SMILES string of the molecule is Nc1ncc(O[C@@H]2CC[C@H](O)C2)nc1-c1nc2ccccc2[nH]1. The number of ether oxygens (including phenoxy) is 1. The van der Waals surface area contributed by atoms with Gasteiger partial charge >= 0.3 is 0 Å². The second-order valence-corrected chi connectivity index (χ2v) is 5.75. The number of nitrogens with one attached hydrogen (secondary N) is 1. The quantitative estimate of drug-likeness (QED) is 0.681. The number of aromatic nitrogens is 4. The van der Waals surface area contributed by atoms with Gasteiger partial charge in [0.1, 0.15) is 6.10 Å². The van der Waals surface area contributed by atoms with Crippen molar-refractivity contribution in [3.8, 4) is 17.4 Å². The molecule has 7 heteroatoms. The van der Waals surface area contributed by atoms with Gasteiger partial charge in [-0.05, 0) is 25.0 Å². The number of benzene rings is 1. The van der Waals surface area contributed by atoms with E-state index in [0.29, 0.717) is 29.6 Å². The van der Waals surface area contributed by atoms with Crippen molar-refractivity contribution in [2.45, 2.75) is 31.5 Å². The van der Waals surface area contributed by atoms with E-state index in [2.05, 4.69) is 19.9 Å². The molecule has 1 saturated carbocycles. The molecule has 0 bridgehead atoms. The first kappa shape index (κ1) is 14.0. The van der Waals surface area contributed by atoms with Gasteiger partial charge in [0.05, 0.1) is 23.3 Å². The van der Waals surface area contributed by atoms with Crippen LogP contribution in [0.3, 0.4) is 0 Å².